The topological polar surface area (TPSA) is 38.4 Å². The molecule has 0 unspecified atom stereocenters. The molecule has 0 aliphatic carbocycles. The predicted octanol–water partition coefficient (Wildman–Crippen LogP) is 1.44. The number of hydrogen-bond acceptors (Lipinski definition) is 1. The van der Waals surface area contributed by atoms with E-state index in [1.54, 1.807) is 10.3 Å². The molecule has 2 nitrogen and oxygen atoms in total. The molecular weight excluding hydrogens is 215 g/mol. The van der Waals surface area contributed by atoms with Crippen LogP contribution in [-0.4, -0.2) is 5.84 Å². The Labute approximate surface area is 62.3 Å². The minimum Gasteiger partial charge on any atom is -0.384 e. The van der Waals surface area contributed by atoms with Gasteiger partial charge in [-0.2, -0.15) is 0 Å². The number of hydrogen-bond donors (Lipinski definition) is 1. The van der Waals surface area contributed by atoms with Gasteiger partial charge in [-0.15, -0.1) is 0 Å². The summed E-state index contributed by atoms with van der Waals surface area (Å²) >= 11 is 2.06. The lowest BCUT2D eigenvalue weighted by Gasteiger charge is -1.81. The zero-order valence-corrected chi connectivity index (χ0v) is 6.50. The van der Waals surface area contributed by atoms with E-state index in [1.165, 1.54) is 6.08 Å². The first-order valence-corrected chi connectivity index (χ1v) is 3.26. The smallest absolute Gasteiger partial charge is 0.122 e. The van der Waals surface area contributed by atoms with Crippen LogP contribution in [0.4, 0.5) is 0 Å². The third-order valence-electron chi connectivity index (χ3n) is 0.489. The lowest BCUT2D eigenvalue weighted by molar-refractivity contribution is 1.53. The third-order valence-corrected chi connectivity index (χ3v) is 0.811. The molecule has 8 heavy (non-hydrogen) atoms. The van der Waals surface area contributed by atoms with Crippen molar-refractivity contribution in [2.45, 2.75) is 0 Å². The van der Waals surface area contributed by atoms with Crippen molar-refractivity contribution in [3.63, 3.8) is 0 Å². The van der Waals surface area contributed by atoms with E-state index in [4.69, 9.17) is 5.73 Å². The lowest BCUT2D eigenvalue weighted by Crippen LogP contribution is -2.05. The summed E-state index contributed by atoms with van der Waals surface area (Å²) in [6, 6.07) is 0. The van der Waals surface area contributed by atoms with Crippen LogP contribution in [0.1, 0.15) is 0 Å². The average molecular weight is 222 g/mol. The van der Waals surface area contributed by atoms with Crippen molar-refractivity contribution in [2.24, 2.45) is 10.7 Å². The van der Waals surface area contributed by atoms with Crippen LogP contribution >= 0.6 is 22.6 Å². The number of amidine groups is 1. The molecule has 0 aliphatic rings. The second kappa shape index (κ2) is 4.83. The van der Waals surface area contributed by atoms with Crippen LogP contribution in [0, 0.1) is 0 Å². The largest absolute Gasteiger partial charge is 0.384 e. The van der Waals surface area contributed by atoms with E-state index < -0.39 is 0 Å². The third kappa shape index (κ3) is 3.86. The molecule has 0 rings (SSSR count). The van der Waals surface area contributed by atoms with E-state index in [0.29, 0.717) is 5.84 Å². The van der Waals surface area contributed by atoms with E-state index in [2.05, 4.69) is 34.2 Å². The first-order chi connectivity index (χ1) is 3.81. The van der Waals surface area contributed by atoms with Crippen molar-refractivity contribution in [3.05, 3.63) is 22.9 Å². The molecule has 0 aromatic carbocycles. The van der Waals surface area contributed by atoms with Gasteiger partial charge in [-0.25, -0.2) is 4.99 Å². The highest BCUT2D eigenvalue weighted by molar-refractivity contribution is 14.1. The normalized spacial score (nSPS) is 12.4. The first kappa shape index (κ1) is 7.68. The van der Waals surface area contributed by atoms with Gasteiger partial charge in [-0.05, 0) is 10.2 Å². The van der Waals surface area contributed by atoms with Gasteiger partial charge >= 0.3 is 0 Å². The number of nitrogens with two attached hydrogens (primary N) is 1. The molecule has 0 aromatic rings. The van der Waals surface area contributed by atoms with Gasteiger partial charge in [0.05, 0.1) is 0 Å². The maximum Gasteiger partial charge on any atom is 0.122 e. The molecule has 3 heteroatoms. The molecule has 0 heterocycles. The summed E-state index contributed by atoms with van der Waals surface area (Å²) in [6.45, 7) is 3.42. The van der Waals surface area contributed by atoms with Crippen LogP contribution in [0.2, 0.25) is 0 Å². The van der Waals surface area contributed by atoms with Crippen molar-refractivity contribution in [3.8, 4) is 0 Å². The van der Waals surface area contributed by atoms with Crippen LogP contribution in [-0.2, 0) is 0 Å². The molecule has 0 aliphatic heterocycles. The van der Waals surface area contributed by atoms with Gasteiger partial charge in [0.25, 0.3) is 0 Å². The van der Waals surface area contributed by atoms with Gasteiger partial charge in [0.2, 0.25) is 0 Å². The molecule has 0 radical (unpaired) electrons. The Bertz CT molecular complexity index is 126. The zero-order chi connectivity index (χ0) is 6.41. The molecule has 0 spiro atoms. The van der Waals surface area contributed by atoms with Gasteiger partial charge in [-0.1, -0.05) is 29.2 Å². The van der Waals surface area contributed by atoms with Crippen LogP contribution < -0.4 is 5.73 Å². The first-order valence-electron chi connectivity index (χ1n) is 2.02. The maximum absolute atomic E-state index is 5.24. The van der Waals surface area contributed by atoms with E-state index in [0.717, 1.165) is 0 Å². The van der Waals surface area contributed by atoms with Crippen molar-refractivity contribution in [1.82, 2.24) is 0 Å². The van der Waals surface area contributed by atoms with Crippen molar-refractivity contribution in [1.29, 1.82) is 0 Å². The Morgan fingerprint density at radius 3 is 2.75 bits per heavy atom. The zero-order valence-electron chi connectivity index (χ0n) is 4.34. The SMILES string of the molecule is C=CC(N)=N/C=C\I. The molecule has 0 amide bonds. The van der Waals surface area contributed by atoms with Crippen molar-refractivity contribution < 1.29 is 0 Å². The maximum atomic E-state index is 5.24. The summed E-state index contributed by atoms with van der Waals surface area (Å²) in [5, 5.41) is 0. The molecule has 44 valence electrons. The molecule has 0 aromatic heterocycles. The van der Waals surface area contributed by atoms with Crippen LogP contribution in [0.25, 0.3) is 0 Å². The van der Waals surface area contributed by atoms with E-state index in [-0.39, 0.29) is 0 Å². The summed E-state index contributed by atoms with van der Waals surface area (Å²) in [5.74, 6) is 0.443. The van der Waals surface area contributed by atoms with E-state index in [9.17, 15) is 0 Å². The predicted molar refractivity (Wildman–Crippen MR) is 45.0 cm³/mol. The summed E-state index contributed by atoms with van der Waals surface area (Å²) in [5.41, 5.74) is 5.24. The fourth-order valence-corrected chi connectivity index (χ4v) is 0.328. The highest BCUT2D eigenvalue weighted by atomic mass is 127. The fourth-order valence-electron chi connectivity index (χ4n) is 0.167. The van der Waals surface area contributed by atoms with Crippen LogP contribution in [0.5, 0.6) is 0 Å². The van der Waals surface area contributed by atoms with Crippen molar-refractivity contribution in [2.75, 3.05) is 0 Å². The molecule has 0 fully saturated rings. The van der Waals surface area contributed by atoms with Gasteiger partial charge in [-0.3, -0.25) is 0 Å². The molecule has 0 saturated heterocycles. The highest BCUT2D eigenvalue weighted by Gasteiger charge is 1.72. The Hall–Kier alpha value is -0.320. The van der Waals surface area contributed by atoms with Crippen LogP contribution in [0.15, 0.2) is 27.9 Å². The minimum absolute atomic E-state index is 0.443. The quantitative estimate of drug-likeness (QED) is 0.428. The highest BCUT2D eigenvalue weighted by Crippen LogP contribution is 1.83. The van der Waals surface area contributed by atoms with Gasteiger partial charge < -0.3 is 5.73 Å². The Kier molecular flexibility index (Phi) is 4.64. The second-order valence-corrected chi connectivity index (χ2v) is 1.75. The fraction of sp³-hybridized carbons (Fsp3) is 0. The second-order valence-electron chi connectivity index (χ2n) is 1.03. The Balaban J connectivity index is 3.74. The summed E-state index contributed by atoms with van der Waals surface area (Å²) in [7, 11) is 0. The van der Waals surface area contributed by atoms with Crippen molar-refractivity contribution >= 4 is 28.4 Å². The Morgan fingerprint density at radius 2 is 2.38 bits per heavy atom. The average Bonchev–Trinajstić information content (AvgIpc) is 1.83. The minimum atomic E-state index is 0.443. The number of nitrogens with zero attached hydrogens (tertiary/aromatic N) is 1. The Morgan fingerprint density at radius 1 is 1.75 bits per heavy atom. The molecule has 0 atom stereocenters. The van der Waals surface area contributed by atoms with E-state index >= 15 is 0 Å². The lowest BCUT2D eigenvalue weighted by atomic mass is 10.6. The number of halogens is 1. The summed E-state index contributed by atoms with van der Waals surface area (Å²) in [6.07, 6.45) is 3.11. The van der Waals surface area contributed by atoms with Gasteiger partial charge in [0, 0.05) is 6.20 Å². The molecule has 2 N–H and O–H groups in total. The molecule has 0 bridgehead atoms. The molecule has 0 saturated carbocycles. The monoisotopic (exact) mass is 222 g/mol. The standard InChI is InChI=1S/C5H7IN2/c1-2-5(7)8-4-3-6/h2-4H,1H2,(H2,7,8)/b4-3-. The van der Waals surface area contributed by atoms with E-state index in [1.807, 2.05) is 0 Å². The number of aliphatic imine (C=N–C) groups is 1. The number of rotatable bonds is 2. The molecular formula is C5H7IN2. The van der Waals surface area contributed by atoms with Gasteiger partial charge in [0.15, 0.2) is 0 Å². The summed E-state index contributed by atoms with van der Waals surface area (Å²) < 4.78 is 1.77. The van der Waals surface area contributed by atoms with Gasteiger partial charge in [0.1, 0.15) is 5.84 Å². The summed E-state index contributed by atoms with van der Waals surface area (Å²) in [4.78, 5) is 3.75. The van der Waals surface area contributed by atoms with Crippen LogP contribution in [0.3, 0.4) is 0 Å².